The lowest BCUT2D eigenvalue weighted by Crippen LogP contribution is -2.27. The van der Waals surface area contributed by atoms with E-state index in [2.05, 4.69) is 21.3 Å². The molecule has 2 fully saturated rings. The van der Waals surface area contributed by atoms with Crippen molar-refractivity contribution in [2.75, 3.05) is 52.4 Å². The Morgan fingerprint density at radius 2 is 1.88 bits per heavy atom. The second-order valence-corrected chi connectivity index (χ2v) is 11.8. The lowest BCUT2D eigenvalue weighted by molar-refractivity contribution is 0.231. The van der Waals surface area contributed by atoms with E-state index in [1.807, 2.05) is 24.3 Å². The maximum Gasteiger partial charge on any atom is 0.163 e. The van der Waals surface area contributed by atoms with Crippen molar-refractivity contribution in [1.29, 1.82) is 5.26 Å². The molecule has 0 bridgehead atoms. The van der Waals surface area contributed by atoms with Crippen molar-refractivity contribution in [2.24, 2.45) is 5.92 Å². The molecule has 0 spiro atoms. The summed E-state index contributed by atoms with van der Waals surface area (Å²) >= 11 is 6.70. The average Bonchev–Trinajstić information content (AvgIpc) is 3.87. The summed E-state index contributed by atoms with van der Waals surface area (Å²) in [5, 5.41) is 23.7. The van der Waals surface area contributed by atoms with Gasteiger partial charge in [-0.15, -0.1) is 0 Å². The Morgan fingerprint density at radius 3 is 2.62 bits per heavy atom. The molecule has 2 heterocycles. The van der Waals surface area contributed by atoms with Crippen molar-refractivity contribution in [2.45, 2.75) is 57.3 Å². The first-order valence-corrected chi connectivity index (χ1v) is 15.4. The molecule has 0 amide bonds. The van der Waals surface area contributed by atoms with Crippen molar-refractivity contribution in [1.82, 2.24) is 9.88 Å². The van der Waals surface area contributed by atoms with Gasteiger partial charge < -0.3 is 29.5 Å². The molecule has 1 unspecified atom stereocenters. The number of nitriles is 1. The number of anilines is 2. The number of nitrogens with one attached hydrogen (secondary N) is 1. The lowest BCUT2D eigenvalue weighted by atomic mass is 9.95. The zero-order chi connectivity index (χ0) is 29.5. The number of halogens is 1. The standard InChI is InChI=1S/C33H41ClN4O4/c1-40-30-19-29(27(34)16-25(30)23-8-9-23)37-33-24(20-35)21-36-28-18-32(31(41-2)17-26(28)33)42-15-5-12-38-11-3-6-22(10-13-38)7-4-14-39/h16-19,21-23,39H,3-15H2,1-2H3,(H,36,37). The van der Waals surface area contributed by atoms with Crippen LogP contribution in [0.25, 0.3) is 10.9 Å². The summed E-state index contributed by atoms with van der Waals surface area (Å²) < 4.78 is 17.6. The van der Waals surface area contributed by atoms with Crippen LogP contribution in [0.1, 0.15) is 68.4 Å². The van der Waals surface area contributed by atoms with Gasteiger partial charge in [-0.3, -0.25) is 4.98 Å². The van der Waals surface area contributed by atoms with Gasteiger partial charge in [0.2, 0.25) is 0 Å². The number of hydrogen-bond acceptors (Lipinski definition) is 8. The number of pyridine rings is 1. The number of aliphatic hydroxyl groups is 1. The van der Waals surface area contributed by atoms with Crippen LogP contribution < -0.4 is 19.5 Å². The predicted molar refractivity (Wildman–Crippen MR) is 166 cm³/mol. The first-order valence-electron chi connectivity index (χ1n) is 15.1. The first-order chi connectivity index (χ1) is 20.5. The van der Waals surface area contributed by atoms with Gasteiger partial charge in [0, 0.05) is 36.9 Å². The van der Waals surface area contributed by atoms with Crippen LogP contribution in [0.15, 0.2) is 30.5 Å². The normalized spacial score (nSPS) is 17.5. The van der Waals surface area contributed by atoms with Gasteiger partial charge in [-0.2, -0.15) is 5.26 Å². The monoisotopic (exact) mass is 592 g/mol. The predicted octanol–water partition coefficient (Wildman–Crippen LogP) is 7.04. The van der Waals surface area contributed by atoms with Gasteiger partial charge in [0.05, 0.1) is 48.3 Å². The number of ether oxygens (including phenoxy) is 3. The third kappa shape index (κ3) is 7.20. The maximum absolute atomic E-state index is 9.90. The smallest absolute Gasteiger partial charge is 0.163 e. The minimum absolute atomic E-state index is 0.292. The van der Waals surface area contributed by atoms with E-state index in [1.54, 1.807) is 20.4 Å². The van der Waals surface area contributed by atoms with E-state index in [1.165, 1.54) is 19.3 Å². The Hall–Kier alpha value is -3.25. The zero-order valence-corrected chi connectivity index (χ0v) is 25.4. The molecule has 5 rings (SSSR count). The molecule has 2 aromatic carbocycles. The fourth-order valence-electron chi connectivity index (χ4n) is 5.97. The van der Waals surface area contributed by atoms with Gasteiger partial charge in [0.1, 0.15) is 11.8 Å². The number of benzene rings is 2. The van der Waals surface area contributed by atoms with Crippen molar-refractivity contribution in [3.8, 4) is 23.3 Å². The summed E-state index contributed by atoms with van der Waals surface area (Å²) in [5.41, 5.74) is 3.47. The summed E-state index contributed by atoms with van der Waals surface area (Å²) in [6.07, 6.45) is 10.5. The van der Waals surface area contributed by atoms with Gasteiger partial charge in [0.15, 0.2) is 11.5 Å². The van der Waals surface area contributed by atoms with Gasteiger partial charge in [-0.05, 0) is 94.0 Å². The maximum atomic E-state index is 9.90. The Labute approximate surface area is 253 Å². The number of methoxy groups -OCH3 is 2. The molecule has 2 N–H and O–H groups in total. The fourth-order valence-corrected chi connectivity index (χ4v) is 6.19. The van der Waals surface area contributed by atoms with Crippen LogP contribution in [-0.4, -0.2) is 62.1 Å². The van der Waals surface area contributed by atoms with Gasteiger partial charge in [-0.25, -0.2) is 0 Å². The number of nitrogens with zero attached hydrogens (tertiary/aromatic N) is 3. The summed E-state index contributed by atoms with van der Waals surface area (Å²) in [5.74, 6) is 3.22. The van der Waals surface area contributed by atoms with Gasteiger partial charge in [-0.1, -0.05) is 11.6 Å². The van der Waals surface area contributed by atoms with E-state index in [0.29, 0.717) is 58.1 Å². The molecular formula is C33H41ClN4O4. The molecule has 1 saturated heterocycles. The van der Waals surface area contributed by atoms with Crippen molar-refractivity contribution < 1.29 is 19.3 Å². The SMILES string of the molecule is COc1cc2c(Nc3cc(OC)c(C4CC4)cc3Cl)c(C#N)cnc2cc1OCCCN1CCCC(CCCO)CC1. The highest BCUT2D eigenvalue weighted by Gasteiger charge is 2.28. The molecule has 3 aromatic rings. The molecular weight excluding hydrogens is 552 g/mol. The second-order valence-electron chi connectivity index (χ2n) is 11.4. The quantitative estimate of drug-likeness (QED) is 0.204. The summed E-state index contributed by atoms with van der Waals surface area (Å²) in [6.45, 7) is 4.07. The molecule has 0 radical (unpaired) electrons. The Balaban J connectivity index is 1.29. The largest absolute Gasteiger partial charge is 0.496 e. The molecule has 1 aliphatic carbocycles. The Bertz CT molecular complexity index is 1420. The molecule has 1 aromatic heterocycles. The van der Waals surface area contributed by atoms with Crippen LogP contribution in [0.3, 0.4) is 0 Å². The van der Waals surface area contributed by atoms with Crippen LogP contribution in [-0.2, 0) is 0 Å². The average molecular weight is 593 g/mol. The molecule has 224 valence electrons. The highest BCUT2D eigenvalue weighted by atomic mass is 35.5. The molecule has 1 atom stereocenters. The van der Waals surface area contributed by atoms with E-state index < -0.39 is 0 Å². The van der Waals surface area contributed by atoms with Crippen LogP contribution in [0.5, 0.6) is 17.2 Å². The van der Waals surface area contributed by atoms with Crippen LogP contribution in [0.2, 0.25) is 5.02 Å². The van der Waals surface area contributed by atoms with Crippen molar-refractivity contribution >= 4 is 33.9 Å². The summed E-state index contributed by atoms with van der Waals surface area (Å²) in [7, 11) is 3.28. The van der Waals surface area contributed by atoms with E-state index in [9.17, 15) is 5.26 Å². The van der Waals surface area contributed by atoms with E-state index in [4.69, 9.17) is 30.9 Å². The molecule has 1 aliphatic heterocycles. The van der Waals surface area contributed by atoms with Crippen LogP contribution in [0, 0.1) is 17.2 Å². The number of fused-ring (bicyclic) bond motifs is 1. The topological polar surface area (TPSA) is 99.9 Å². The summed E-state index contributed by atoms with van der Waals surface area (Å²) in [4.78, 5) is 7.08. The van der Waals surface area contributed by atoms with E-state index in [-0.39, 0.29) is 0 Å². The van der Waals surface area contributed by atoms with Crippen molar-refractivity contribution in [3.63, 3.8) is 0 Å². The highest BCUT2D eigenvalue weighted by molar-refractivity contribution is 6.33. The number of aromatic nitrogens is 1. The second kappa shape index (κ2) is 14.3. The van der Waals surface area contributed by atoms with Gasteiger partial charge >= 0.3 is 0 Å². The van der Waals surface area contributed by atoms with Crippen LogP contribution >= 0.6 is 11.6 Å². The van der Waals surface area contributed by atoms with Gasteiger partial charge in [0.25, 0.3) is 0 Å². The number of likely N-dealkylation sites (tertiary alicyclic amines) is 1. The molecule has 42 heavy (non-hydrogen) atoms. The molecule has 8 nitrogen and oxygen atoms in total. The molecule has 2 aliphatic rings. The molecule has 9 heteroatoms. The number of rotatable bonds is 13. The number of hydrogen-bond donors (Lipinski definition) is 2. The number of aliphatic hydroxyl groups excluding tert-OH is 1. The lowest BCUT2D eigenvalue weighted by Gasteiger charge is -2.20. The Kier molecular flexibility index (Phi) is 10.3. The third-order valence-electron chi connectivity index (χ3n) is 8.46. The fraction of sp³-hybridized carbons (Fsp3) is 0.515. The first kappa shape index (κ1) is 30.2. The summed E-state index contributed by atoms with van der Waals surface area (Å²) in [6, 6.07) is 9.85. The Morgan fingerprint density at radius 1 is 1.05 bits per heavy atom. The minimum Gasteiger partial charge on any atom is -0.496 e. The highest BCUT2D eigenvalue weighted by Crippen LogP contribution is 2.47. The van der Waals surface area contributed by atoms with Crippen LogP contribution in [0.4, 0.5) is 11.4 Å². The molecule has 1 saturated carbocycles. The van der Waals surface area contributed by atoms with E-state index >= 15 is 0 Å². The van der Waals surface area contributed by atoms with E-state index in [0.717, 1.165) is 74.4 Å². The third-order valence-corrected chi connectivity index (χ3v) is 8.77. The van der Waals surface area contributed by atoms with Crippen molar-refractivity contribution in [3.05, 3.63) is 46.6 Å². The zero-order valence-electron chi connectivity index (χ0n) is 24.6. The minimum atomic E-state index is 0.292.